The highest BCUT2D eigenvalue weighted by molar-refractivity contribution is 7.99. The van der Waals surface area contributed by atoms with Gasteiger partial charge in [0, 0.05) is 21.9 Å². The van der Waals surface area contributed by atoms with Crippen LogP contribution in [-0.4, -0.2) is 20.1 Å². The summed E-state index contributed by atoms with van der Waals surface area (Å²) in [6.45, 7) is 0. The Morgan fingerprint density at radius 3 is 2.60 bits per heavy atom. The molecule has 154 valence electrons. The van der Waals surface area contributed by atoms with Gasteiger partial charge in [0.1, 0.15) is 5.82 Å². The molecule has 4 rings (SSSR count). The molecule has 8 heteroatoms. The van der Waals surface area contributed by atoms with E-state index in [1.165, 1.54) is 30.3 Å². The number of hydrogen-bond donors (Lipinski definition) is 2. The second kappa shape index (κ2) is 8.49. The topological polar surface area (TPSA) is 75.3 Å². The van der Waals surface area contributed by atoms with Crippen molar-refractivity contribution in [2.24, 2.45) is 0 Å². The van der Waals surface area contributed by atoms with Crippen molar-refractivity contribution >= 4 is 33.4 Å². The van der Waals surface area contributed by atoms with E-state index in [-0.39, 0.29) is 28.3 Å². The summed E-state index contributed by atoms with van der Waals surface area (Å²) in [5, 5.41) is 2.94. The van der Waals surface area contributed by atoms with Gasteiger partial charge in [-0.1, -0.05) is 24.3 Å². The van der Waals surface area contributed by atoms with Gasteiger partial charge >= 0.3 is 0 Å². The molecule has 1 aliphatic heterocycles. The predicted molar refractivity (Wildman–Crippen MR) is 116 cm³/mol. The van der Waals surface area contributed by atoms with Crippen molar-refractivity contribution in [1.29, 1.82) is 0 Å². The third-order valence-corrected chi connectivity index (χ3v) is 7.27. The van der Waals surface area contributed by atoms with Crippen LogP contribution in [0.1, 0.15) is 28.4 Å². The Morgan fingerprint density at radius 1 is 1.00 bits per heavy atom. The zero-order valence-corrected chi connectivity index (χ0v) is 17.5. The van der Waals surface area contributed by atoms with E-state index >= 15 is 0 Å². The first-order valence-electron chi connectivity index (χ1n) is 9.33. The Labute approximate surface area is 178 Å². The van der Waals surface area contributed by atoms with Crippen LogP contribution in [0.15, 0.2) is 82.6 Å². The Kier molecular flexibility index (Phi) is 5.78. The summed E-state index contributed by atoms with van der Waals surface area (Å²) in [5.41, 5.74) is 1.37. The van der Waals surface area contributed by atoms with E-state index in [2.05, 4.69) is 10.0 Å². The lowest BCUT2D eigenvalue weighted by Crippen LogP contribution is -2.30. The molecule has 1 aliphatic rings. The Hall–Kier alpha value is -2.84. The van der Waals surface area contributed by atoms with Crippen LogP contribution in [0.3, 0.4) is 0 Å². The molecule has 0 saturated carbocycles. The van der Waals surface area contributed by atoms with E-state index in [4.69, 9.17) is 0 Å². The number of carbonyl (C=O) groups excluding carboxylic acids is 1. The van der Waals surface area contributed by atoms with Crippen LogP contribution >= 0.6 is 11.8 Å². The van der Waals surface area contributed by atoms with Crippen LogP contribution in [0, 0.1) is 5.82 Å². The first-order chi connectivity index (χ1) is 14.4. The van der Waals surface area contributed by atoms with E-state index in [9.17, 15) is 17.6 Å². The summed E-state index contributed by atoms with van der Waals surface area (Å²) in [7, 11) is -3.75. The molecule has 3 aromatic rings. The van der Waals surface area contributed by atoms with Crippen LogP contribution in [0.5, 0.6) is 0 Å². The highest BCUT2D eigenvalue weighted by Gasteiger charge is 2.23. The first-order valence-corrected chi connectivity index (χ1v) is 11.8. The quantitative estimate of drug-likeness (QED) is 0.606. The fourth-order valence-corrected chi connectivity index (χ4v) is 5.47. The molecule has 1 atom stereocenters. The standard InChI is InChI=1S/C22H19FN2O3S2/c23-16-9-10-21-19(14-16)20(11-12-29-21)24-22(26)15-5-4-6-17(13-15)25-30(27,28)18-7-2-1-3-8-18/h1-10,13-14,20,25H,11-12H2,(H,24,26). The van der Waals surface area contributed by atoms with Gasteiger partial charge in [-0.15, -0.1) is 11.8 Å². The highest BCUT2D eigenvalue weighted by Crippen LogP contribution is 2.36. The maximum absolute atomic E-state index is 13.7. The number of thioether (sulfide) groups is 1. The number of anilines is 1. The summed E-state index contributed by atoms with van der Waals surface area (Å²) in [5.74, 6) is 0.135. The van der Waals surface area contributed by atoms with Crippen LogP contribution < -0.4 is 10.0 Å². The lowest BCUT2D eigenvalue weighted by molar-refractivity contribution is 0.0935. The van der Waals surface area contributed by atoms with Crippen LogP contribution in [0.2, 0.25) is 0 Å². The molecular weight excluding hydrogens is 423 g/mol. The molecule has 2 N–H and O–H groups in total. The lowest BCUT2D eigenvalue weighted by atomic mass is 10.0. The molecule has 0 spiro atoms. The number of carbonyl (C=O) groups is 1. The number of rotatable bonds is 5. The molecule has 0 saturated heterocycles. The number of hydrogen-bond acceptors (Lipinski definition) is 4. The lowest BCUT2D eigenvalue weighted by Gasteiger charge is -2.26. The van der Waals surface area contributed by atoms with E-state index in [0.29, 0.717) is 12.0 Å². The number of fused-ring (bicyclic) bond motifs is 1. The summed E-state index contributed by atoms with van der Waals surface area (Å²) in [6, 6.07) is 18.6. The van der Waals surface area contributed by atoms with Gasteiger partial charge in [-0.25, -0.2) is 12.8 Å². The average Bonchev–Trinajstić information content (AvgIpc) is 2.74. The molecule has 5 nitrogen and oxygen atoms in total. The van der Waals surface area contributed by atoms with Gasteiger partial charge in [0.25, 0.3) is 15.9 Å². The highest BCUT2D eigenvalue weighted by atomic mass is 32.2. The third-order valence-electron chi connectivity index (χ3n) is 4.75. The molecule has 0 bridgehead atoms. The molecule has 30 heavy (non-hydrogen) atoms. The zero-order valence-electron chi connectivity index (χ0n) is 15.8. The van der Waals surface area contributed by atoms with Gasteiger partial charge in [-0.05, 0) is 60.5 Å². The number of halogens is 1. The second-order valence-electron chi connectivity index (χ2n) is 6.84. The molecular formula is C22H19FN2O3S2. The molecule has 1 amide bonds. The maximum Gasteiger partial charge on any atom is 0.261 e. The molecule has 3 aromatic carbocycles. The Balaban J connectivity index is 1.52. The third kappa shape index (κ3) is 4.49. The fraction of sp³-hybridized carbons (Fsp3) is 0.136. The van der Waals surface area contributed by atoms with Crippen molar-refractivity contribution in [3.63, 3.8) is 0 Å². The average molecular weight is 443 g/mol. The fourth-order valence-electron chi connectivity index (χ4n) is 3.29. The van der Waals surface area contributed by atoms with Gasteiger partial charge in [-0.2, -0.15) is 0 Å². The summed E-state index contributed by atoms with van der Waals surface area (Å²) >= 11 is 1.64. The number of sulfonamides is 1. The summed E-state index contributed by atoms with van der Waals surface area (Å²) in [4.78, 5) is 13.9. The van der Waals surface area contributed by atoms with Crippen LogP contribution in [0.4, 0.5) is 10.1 Å². The summed E-state index contributed by atoms with van der Waals surface area (Å²) < 4.78 is 41.2. The van der Waals surface area contributed by atoms with Crippen molar-refractivity contribution < 1.29 is 17.6 Å². The zero-order chi connectivity index (χ0) is 21.1. The molecule has 1 heterocycles. The van der Waals surface area contributed by atoms with Crippen LogP contribution in [-0.2, 0) is 10.0 Å². The van der Waals surface area contributed by atoms with E-state index in [1.54, 1.807) is 54.2 Å². The van der Waals surface area contributed by atoms with Crippen molar-refractivity contribution in [1.82, 2.24) is 5.32 Å². The van der Waals surface area contributed by atoms with Gasteiger partial charge in [0.2, 0.25) is 0 Å². The first kappa shape index (κ1) is 20.4. The minimum atomic E-state index is -3.75. The molecule has 0 aliphatic carbocycles. The number of benzene rings is 3. The smallest absolute Gasteiger partial charge is 0.261 e. The van der Waals surface area contributed by atoms with Crippen molar-refractivity contribution in [3.05, 3.63) is 89.7 Å². The normalized spacial score (nSPS) is 15.8. The van der Waals surface area contributed by atoms with Crippen molar-refractivity contribution in [2.45, 2.75) is 22.3 Å². The van der Waals surface area contributed by atoms with Gasteiger partial charge < -0.3 is 5.32 Å². The molecule has 1 unspecified atom stereocenters. The van der Waals surface area contributed by atoms with Gasteiger partial charge in [0.05, 0.1) is 10.9 Å². The SMILES string of the molecule is O=C(NC1CCSc2ccc(F)cc21)c1cccc(NS(=O)(=O)c2ccccc2)c1. The van der Waals surface area contributed by atoms with Gasteiger partial charge in [-0.3, -0.25) is 9.52 Å². The molecule has 0 aromatic heterocycles. The Morgan fingerprint density at radius 2 is 1.80 bits per heavy atom. The Bertz CT molecular complexity index is 1180. The summed E-state index contributed by atoms with van der Waals surface area (Å²) in [6.07, 6.45) is 0.688. The number of amides is 1. The molecule has 0 fully saturated rings. The van der Waals surface area contributed by atoms with E-state index < -0.39 is 10.0 Å². The maximum atomic E-state index is 13.7. The second-order valence-corrected chi connectivity index (χ2v) is 9.66. The largest absolute Gasteiger partial charge is 0.345 e. The number of nitrogens with one attached hydrogen (secondary N) is 2. The van der Waals surface area contributed by atoms with Crippen LogP contribution in [0.25, 0.3) is 0 Å². The molecule has 0 radical (unpaired) electrons. The van der Waals surface area contributed by atoms with E-state index in [0.717, 1.165) is 16.2 Å². The monoisotopic (exact) mass is 442 g/mol. The minimum Gasteiger partial charge on any atom is -0.345 e. The van der Waals surface area contributed by atoms with Crippen molar-refractivity contribution in [2.75, 3.05) is 10.5 Å². The van der Waals surface area contributed by atoms with Crippen molar-refractivity contribution in [3.8, 4) is 0 Å². The predicted octanol–water partition coefficient (Wildman–Crippen LogP) is 4.59. The minimum absolute atomic E-state index is 0.137. The van der Waals surface area contributed by atoms with E-state index in [1.807, 2.05) is 0 Å². The van der Waals surface area contributed by atoms with Gasteiger partial charge in [0.15, 0.2) is 0 Å².